The lowest BCUT2D eigenvalue weighted by Gasteiger charge is -2.35. The fraction of sp³-hybridized carbons (Fsp3) is 0.611. The second-order valence-corrected chi connectivity index (χ2v) is 6.91. The Bertz CT molecular complexity index is 627. The Labute approximate surface area is 138 Å². The van der Waals surface area contributed by atoms with E-state index >= 15 is 0 Å². The van der Waals surface area contributed by atoms with E-state index in [0.29, 0.717) is 6.04 Å². The molecule has 3 rings (SSSR count). The number of aryl methyl sites for hydroxylation is 1. The van der Waals surface area contributed by atoms with Crippen LogP contribution in [0.2, 0.25) is 0 Å². The predicted molar refractivity (Wildman–Crippen MR) is 91.5 cm³/mol. The predicted octanol–water partition coefficient (Wildman–Crippen LogP) is 3.52. The van der Waals surface area contributed by atoms with Crippen molar-refractivity contribution in [3.05, 3.63) is 35.7 Å². The summed E-state index contributed by atoms with van der Waals surface area (Å²) in [6.45, 7) is 6.51. The lowest BCUT2D eigenvalue weighted by Crippen LogP contribution is -2.47. The molecule has 0 radical (unpaired) electrons. The summed E-state index contributed by atoms with van der Waals surface area (Å²) in [6, 6.07) is 8.91. The van der Waals surface area contributed by atoms with E-state index < -0.39 is 0 Å². The molecule has 1 atom stereocenters. The molecule has 0 bridgehead atoms. The number of tetrazole rings is 1. The molecule has 1 N–H and O–H groups in total. The molecule has 1 aliphatic rings. The summed E-state index contributed by atoms with van der Waals surface area (Å²) in [6.07, 6.45) is 7.46. The van der Waals surface area contributed by atoms with Crippen LogP contribution in [-0.4, -0.2) is 26.2 Å². The van der Waals surface area contributed by atoms with E-state index in [4.69, 9.17) is 0 Å². The van der Waals surface area contributed by atoms with Crippen LogP contribution in [0, 0.1) is 6.92 Å². The summed E-state index contributed by atoms with van der Waals surface area (Å²) in [7, 11) is 0. The summed E-state index contributed by atoms with van der Waals surface area (Å²) < 4.78 is 1.87. The Kier molecular flexibility index (Phi) is 4.76. The number of aromatic nitrogens is 4. The number of benzene rings is 1. The van der Waals surface area contributed by atoms with Crippen molar-refractivity contribution >= 4 is 0 Å². The summed E-state index contributed by atoms with van der Waals surface area (Å²) in [5, 5.41) is 16.4. The standard InChI is InChI=1S/C18H27N5/c1-4-18(3,19-15-8-6-5-7-9-15)17-20-21-22-23(17)16-12-10-14(2)11-13-16/h10-13,15,19H,4-9H2,1-3H3/t18-/m1/s1. The Morgan fingerprint density at radius 2 is 1.87 bits per heavy atom. The number of hydrogen-bond acceptors (Lipinski definition) is 4. The maximum Gasteiger partial charge on any atom is 0.176 e. The highest BCUT2D eigenvalue weighted by atomic mass is 15.6. The van der Waals surface area contributed by atoms with Gasteiger partial charge in [-0.05, 0) is 55.7 Å². The molecule has 1 saturated carbocycles. The van der Waals surface area contributed by atoms with E-state index in [-0.39, 0.29) is 5.54 Å². The zero-order valence-corrected chi connectivity index (χ0v) is 14.4. The molecule has 0 spiro atoms. The summed E-state index contributed by atoms with van der Waals surface area (Å²) in [5.41, 5.74) is 2.04. The minimum absolute atomic E-state index is 0.212. The van der Waals surface area contributed by atoms with Crippen LogP contribution in [0.1, 0.15) is 63.8 Å². The smallest absolute Gasteiger partial charge is 0.176 e. The van der Waals surface area contributed by atoms with Crippen LogP contribution in [0.5, 0.6) is 0 Å². The summed E-state index contributed by atoms with van der Waals surface area (Å²) >= 11 is 0. The first-order valence-corrected chi connectivity index (χ1v) is 8.76. The van der Waals surface area contributed by atoms with Crippen molar-refractivity contribution in [3.8, 4) is 5.69 Å². The Morgan fingerprint density at radius 1 is 1.17 bits per heavy atom. The second-order valence-electron chi connectivity index (χ2n) is 6.91. The Hall–Kier alpha value is -1.75. The molecule has 124 valence electrons. The number of nitrogens with one attached hydrogen (secondary N) is 1. The maximum atomic E-state index is 4.36. The van der Waals surface area contributed by atoms with Crippen LogP contribution in [-0.2, 0) is 5.54 Å². The first-order chi connectivity index (χ1) is 11.1. The molecule has 1 fully saturated rings. The van der Waals surface area contributed by atoms with Gasteiger partial charge in [0.15, 0.2) is 5.82 Å². The topological polar surface area (TPSA) is 55.6 Å². The number of nitrogens with zero attached hydrogens (tertiary/aromatic N) is 4. The third-order valence-corrected chi connectivity index (χ3v) is 5.08. The molecule has 5 nitrogen and oxygen atoms in total. The third kappa shape index (κ3) is 3.44. The molecule has 0 amide bonds. The minimum atomic E-state index is -0.212. The molecule has 0 unspecified atom stereocenters. The van der Waals surface area contributed by atoms with Gasteiger partial charge in [-0.15, -0.1) is 5.10 Å². The van der Waals surface area contributed by atoms with Gasteiger partial charge in [-0.1, -0.05) is 43.9 Å². The van der Waals surface area contributed by atoms with Gasteiger partial charge in [0.1, 0.15) is 0 Å². The van der Waals surface area contributed by atoms with Gasteiger partial charge in [0.05, 0.1) is 11.2 Å². The van der Waals surface area contributed by atoms with E-state index in [2.05, 4.69) is 65.9 Å². The largest absolute Gasteiger partial charge is 0.302 e. The van der Waals surface area contributed by atoms with E-state index in [1.165, 1.54) is 37.7 Å². The van der Waals surface area contributed by atoms with Crippen molar-refractivity contribution in [1.29, 1.82) is 0 Å². The van der Waals surface area contributed by atoms with Gasteiger partial charge in [0.2, 0.25) is 0 Å². The van der Waals surface area contributed by atoms with Crippen LogP contribution in [0.15, 0.2) is 24.3 Å². The first kappa shape index (κ1) is 16.1. The monoisotopic (exact) mass is 313 g/mol. The lowest BCUT2D eigenvalue weighted by atomic mass is 9.90. The van der Waals surface area contributed by atoms with Crippen LogP contribution < -0.4 is 5.32 Å². The van der Waals surface area contributed by atoms with E-state index in [9.17, 15) is 0 Å². The van der Waals surface area contributed by atoms with Gasteiger partial charge in [-0.25, -0.2) is 0 Å². The van der Waals surface area contributed by atoms with Gasteiger partial charge in [0.25, 0.3) is 0 Å². The van der Waals surface area contributed by atoms with E-state index in [0.717, 1.165) is 17.9 Å². The fourth-order valence-electron chi connectivity index (χ4n) is 3.41. The van der Waals surface area contributed by atoms with E-state index in [1.54, 1.807) is 0 Å². The first-order valence-electron chi connectivity index (χ1n) is 8.76. The minimum Gasteiger partial charge on any atom is -0.302 e. The van der Waals surface area contributed by atoms with Crippen molar-refractivity contribution < 1.29 is 0 Å². The highest BCUT2D eigenvalue weighted by molar-refractivity contribution is 5.34. The molecule has 1 aliphatic carbocycles. The molecule has 1 aromatic heterocycles. The third-order valence-electron chi connectivity index (χ3n) is 5.08. The molecule has 1 heterocycles. The highest BCUT2D eigenvalue weighted by Gasteiger charge is 2.33. The average molecular weight is 313 g/mol. The highest BCUT2D eigenvalue weighted by Crippen LogP contribution is 2.28. The van der Waals surface area contributed by atoms with E-state index in [1.807, 2.05) is 4.68 Å². The van der Waals surface area contributed by atoms with Gasteiger partial charge >= 0.3 is 0 Å². The zero-order valence-electron chi connectivity index (χ0n) is 14.4. The van der Waals surface area contributed by atoms with Crippen molar-refractivity contribution in [2.75, 3.05) is 0 Å². The molecular formula is C18H27N5. The molecule has 2 aromatic rings. The molecule has 0 aliphatic heterocycles. The lowest BCUT2D eigenvalue weighted by molar-refractivity contribution is 0.245. The Morgan fingerprint density at radius 3 is 2.52 bits per heavy atom. The van der Waals surface area contributed by atoms with Gasteiger partial charge in [-0.3, -0.25) is 0 Å². The maximum absolute atomic E-state index is 4.36. The quantitative estimate of drug-likeness (QED) is 0.917. The number of rotatable bonds is 5. The van der Waals surface area contributed by atoms with Gasteiger partial charge < -0.3 is 5.32 Å². The van der Waals surface area contributed by atoms with Crippen molar-refractivity contribution in [2.24, 2.45) is 0 Å². The van der Waals surface area contributed by atoms with Crippen LogP contribution in [0.4, 0.5) is 0 Å². The summed E-state index contributed by atoms with van der Waals surface area (Å²) in [5.74, 6) is 0.898. The summed E-state index contributed by atoms with van der Waals surface area (Å²) in [4.78, 5) is 0. The van der Waals surface area contributed by atoms with Crippen LogP contribution >= 0.6 is 0 Å². The van der Waals surface area contributed by atoms with Crippen molar-refractivity contribution in [2.45, 2.75) is 70.9 Å². The SMILES string of the molecule is CC[C@@](C)(NC1CCCCC1)c1nnnn1-c1ccc(C)cc1. The van der Waals surface area contributed by atoms with Crippen molar-refractivity contribution in [1.82, 2.24) is 25.5 Å². The molecule has 23 heavy (non-hydrogen) atoms. The van der Waals surface area contributed by atoms with Crippen molar-refractivity contribution in [3.63, 3.8) is 0 Å². The van der Waals surface area contributed by atoms with Crippen LogP contribution in [0.3, 0.4) is 0 Å². The molecule has 5 heteroatoms. The average Bonchev–Trinajstić information content (AvgIpc) is 3.07. The molecular weight excluding hydrogens is 286 g/mol. The molecule has 0 saturated heterocycles. The fourth-order valence-corrected chi connectivity index (χ4v) is 3.41. The normalized spacial score (nSPS) is 18.7. The molecule has 1 aromatic carbocycles. The van der Waals surface area contributed by atoms with Crippen LogP contribution in [0.25, 0.3) is 5.69 Å². The Balaban J connectivity index is 1.89. The second kappa shape index (κ2) is 6.79. The van der Waals surface area contributed by atoms with Gasteiger partial charge in [-0.2, -0.15) is 4.68 Å². The number of hydrogen-bond donors (Lipinski definition) is 1. The van der Waals surface area contributed by atoms with Gasteiger partial charge in [0, 0.05) is 6.04 Å². The zero-order chi connectivity index (χ0) is 16.3.